The molecule has 0 aliphatic carbocycles. The van der Waals surface area contributed by atoms with E-state index in [0.29, 0.717) is 11.3 Å². The van der Waals surface area contributed by atoms with Crippen molar-refractivity contribution in [2.45, 2.75) is 6.54 Å². The largest absolute Gasteiger partial charge is 0.398 e. The molecule has 0 saturated carbocycles. The van der Waals surface area contributed by atoms with E-state index < -0.39 is 0 Å². The number of aromatic nitrogens is 2. The number of anilines is 1. The number of hydrogen-bond acceptors (Lipinski definition) is 3. The van der Waals surface area contributed by atoms with Crippen molar-refractivity contribution in [2.24, 2.45) is 0 Å². The van der Waals surface area contributed by atoms with Gasteiger partial charge in [-0.1, -0.05) is 0 Å². The molecular weight excluding hydrogens is 209 g/mol. The summed E-state index contributed by atoms with van der Waals surface area (Å²) in [6.07, 6.45) is 1.50. The lowest BCUT2D eigenvalue weighted by Gasteiger charge is -2.06. The molecule has 5 heteroatoms. The average Bonchev–Trinajstić information content (AvgIpc) is 2.27. The highest BCUT2D eigenvalue weighted by Gasteiger charge is 2.03. The van der Waals surface area contributed by atoms with Gasteiger partial charge in [-0.15, -0.1) is 0 Å². The maximum atomic E-state index is 13.0. The predicted octanol–water partition coefficient (Wildman–Crippen LogP) is 1.01. The van der Waals surface area contributed by atoms with Crippen LogP contribution in [0.2, 0.25) is 0 Å². The van der Waals surface area contributed by atoms with Crippen LogP contribution in [0.3, 0.4) is 0 Å². The standard InChI is InChI=1S/C11H10FN3O/c12-9-3-4-10(13)8(6-9)7-15-11(16)2-1-5-14-15/h1-6H,7,13H2. The Hall–Kier alpha value is -2.17. The highest BCUT2D eigenvalue weighted by Crippen LogP contribution is 2.13. The summed E-state index contributed by atoms with van der Waals surface area (Å²) in [4.78, 5) is 11.4. The maximum Gasteiger partial charge on any atom is 0.267 e. The van der Waals surface area contributed by atoms with Crippen molar-refractivity contribution in [1.29, 1.82) is 0 Å². The Balaban J connectivity index is 2.38. The Morgan fingerprint density at radius 3 is 2.94 bits per heavy atom. The summed E-state index contributed by atoms with van der Waals surface area (Å²) in [7, 11) is 0. The molecule has 0 bridgehead atoms. The molecule has 16 heavy (non-hydrogen) atoms. The molecule has 4 nitrogen and oxygen atoms in total. The summed E-state index contributed by atoms with van der Waals surface area (Å²) >= 11 is 0. The summed E-state index contributed by atoms with van der Waals surface area (Å²) < 4.78 is 14.2. The van der Waals surface area contributed by atoms with Gasteiger partial charge in [0.15, 0.2) is 0 Å². The fourth-order valence-electron chi connectivity index (χ4n) is 1.38. The fourth-order valence-corrected chi connectivity index (χ4v) is 1.38. The van der Waals surface area contributed by atoms with Crippen LogP contribution in [-0.4, -0.2) is 9.78 Å². The first-order valence-electron chi connectivity index (χ1n) is 4.73. The molecule has 0 aliphatic heterocycles. The number of halogens is 1. The van der Waals surface area contributed by atoms with Gasteiger partial charge in [-0.3, -0.25) is 4.79 Å². The Labute approximate surface area is 91.1 Å². The van der Waals surface area contributed by atoms with Gasteiger partial charge in [0.05, 0.1) is 6.54 Å². The van der Waals surface area contributed by atoms with E-state index in [1.807, 2.05) is 0 Å². The van der Waals surface area contributed by atoms with E-state index in [1.54, 1.807) is 6.07 Å². The third-order valence-electron chi connectivity index (χ3n) is 2.21. The van der Waals surface area contributed by atoms with Crippen LogP contribution >= 0.6 is 0 Å². The minimum atomic E-state index is -0.381. The van der Waals surface area contributed by atoms with Gasteiger partial charge in [0.25, 0.3) is 5.56 Å². The molecule has 2 N–H and O–H groups in total. The summed E-state index contributed by atoms with van der Waals surface area (Å²) in [6.45, 7) is 0.170. The van der Waals surface area contributed by atoms with Crippen molar-refractivity contribution in [3.8, 4) is 0 Å². The second-order valence-corrected chi connectivity index (χ2v) is 3.36. The Kier molecular flexibility index (Phi) is 2.68. The van der Waals surface area contributed by atoms with E-state index in [9.17, 15) is 9.18 Å². The van der Waals surface area contributed by atoms with Gasteiger partial charge in [0.1, 0.15) is 5.82 Å². The van der Waals surface area contributed by atoms with Crippen molar-refractivity contribution < 1.29 is 4.39 Å². The Morgan fingerprint density at radius 2 is 2.19 bits per heavy atom. The first kappa shape index (κ1) is 10.4. The lowest BCUT2D eigenvalue weighted by molar-refractivity contribution is 0.611. The van der Waals surface area contributed by atoms with Crippen LogP contribution in [0, 0.1) is 5.82 Å². The number of nitrogens with two attached hydrogens (primary N) is 1. The Bertz CT molecular complexity index is 565. The van der Waals surface area contributed by atoms with Gasteiger partial charge in [0.2, 0.25) is 0 Å². The van der Waals surface area contributed by atoms with Gasteiger partial charge in [0, 0.05) is 18.0 Å². The predicted molar refractivity (Wildman–Crippen MR) is 58.4 cm³/mol. The second kappa shape index (κ2) is 4.14. The lowest BCUT2D eigenvalue weighted by atomic mass is 10.2. The molecule has 0 spiro atoms. The number of benzene rings is 1. The average molecular weight is 219 g/mol. The van der Waals surface area contributed by atoms with E-state index in [-0.39, 0.29) is 17.9 Å². The fraction of sp³-hybridized carbons (Fsp3) is 0.0909. The second-order valence-electron chi connectivity index (χ2n) is 3.36. The third kappa shape index (κ3) is 2.08. The molecule has 0 amide bonds. The van der Waals surface area contributed by atoms with Crippen LogP contribution in [0.25, 0.3) is 0 Å². The summed E-state index contributed by atoms with van der Waals surface area (Å²) in [5.74, 6) is -0.381. The van der Waals surface area contributed by atoms with Crippen LogP contribution in [0.4, 0.5) is 10.1 Å². The first-order chi connectivity index (χ1) is 7.66. The molecule has 82 valence electrons. The smallest absolute Gasteiger partial charge is 0.267 e. The quantitative estimate of drug-likeness (QED) is 0.767. The molecule has 1 heterocycles. The normalized spacial score (nSPS) is 10.3. The SMILES string of the molecule is Nc1ccc(F)cc1Cn1ncccc1=O. The lowest BCUT2D eigenvalue weighted by Crippen LogP contribution is -2.22. The molecule has 1 aromatic heterocycles. The van der Waals surface area contributed by atoms with Gasteiger partial charge in [-0.05, 0) is 29.8 Å². The zero-order chi connectivity index (χ0) is 11.5. The number of nitrogens with zero attached hydrogens (tertiary/aromatic N) is 2. The van der Waals surface area contributed by atoms with E-state index in [0.717, 1.165) is 0 Å². The highest BCUT2D eigenvalue weighted by atomic mass is 19.1. The van der Waals surface area contributed by atoms with Crippen molar-refractivity contribution in [3.05, 3.63) is 58.3 Å². The van der Waals surface area contributed by atoms with Gasteiger partial charge >= 0.3 is 0 Å². The zero-order valence-electron chi connectivity index (χ0n) is 8.43. The summed E-state index contributed by atoms with van der Waals surface area (Å²) in [6, 6.07) is 6.99. The molecule has 0 radical (unpaired) electrons. The molecular formula is C11H10FN3O. The zero-order valence-corrected chi connectivity index (χ0v) is 8.43. The molecule has 0 atom stereocenters. The van der Waals surface area contributed by atoms with Gasteiger partial charge in [-0.2, -0.15) is 5.10 Å². The Morgan fingerprint density at radius 1 is 1.38 bits per heavy atom. The molecule has 2 rings (SSSR count). The third-order valence-corrected chi connectivity index (χ3v) is 2.21. The number of nitrogen functional groups attached to an aromatic ring is 1. The van der Waals surface area contributed by atoms with Crippen LogP contribution < -0.4 is 11.3 Å². The molecule has 0 unspecified atom stereocenters. The van der Waals surface area contributed by atoms with E-state index in [4.69, 9.17) is 5.73 Å². The van der Waals surface area contributed by atoms with Crippen molar-refractivity contribution in [3.63, 3.8) is 0 Å². The van der Waals surface area contributed by atoms with Gasteiger partial charge in [-0.25, -0.2) is 9.07 Å². The van der Waals surface area contributed by atoms with Crippen LogP contribution in [0.1, 0.15) is 5.56 Å². The van der Waals surface area contributed by atoms with E-state index in [1.165, 1.54) is 35.1 Å². The van der Waals surface area contributed by atoms with Gasteiger partial charge < -0.3 is 5.73 Å². The van der Waals surface area contributed by atoms with E-state index in [2.05, 4.69) is 5.10 Å². The number of rotatable bonds is 2. The molecule has 0 aliphatic rings. The van der Waals surface area contributed by atoms with Crippen LogP contribution in [0.15, 0.2) is 41.3 Å². The minimum Gasteiger partial charge on any atom is -0.398 e. The molecule has 0 fully saturated rings. The van der Waals surface area contributed by atoms with E-state index >= 15 is 0 Å². The molecule has 2 aromatic rings. The topological polar surface area (TPSA) is 60.9 Å². The maximum absolute atomic E-state index is 13.0. The van der Waals surface area contributed by atoms with Crippen molar-refractivity contribution in [2.75, 3.05) is 5.73 Å². The minimum absolute atomic E-state index is 0.170. The van der Waals surface area contributed by atoms with Crippen LogP contribution in [-0.2, 0) is 6.54 Å². The first-order valence-corrected chi connectivity index (χ1v) is 4.73. The summed E-state index contributed by atoms with van der Waals surface area (Å²) in [5.41, 5.74) is 6.42. The molecule has 0 saturated heterocycles. The van der Waals surface area contributed by atoms with Crippen molar-refractivity contribution in [1.82, 2.24) is 9.78 Å². The van der Waals surface area contributed by atoms with Crippen molar-refractivity contribution >= 4 is 5.69 Å². The number of hydrogen-bond donors (Lipinski definition) is 1. The highest BCUT2D eigenvalue weighted by molar-refractivity contribution is 5.46. The molecule has 1 aromatic carbocycles. The van der Waals surface area contributed by atoms with Crippen LogP contribution in [0.5, 0.6) is 0 Å². The monoisotopic (exact) mass is 219 g/mol. The summed E-state index contributed by atoms with van der Waals surface area (Å²) in [5, 5.41) is 3.87.